The van der Waals surface area contributed by atoms with Crippen molar-refractivity contribution in [3.63, 3.8) is 0 Å². The van der Waals surface area contributed by atoms with Gasteiger partial charge in [0.2, 0.25) is 10.0 Å². The molecule has 0 saturated heterocycles. The first-order valence-electron chi connectivity index (χ1n) is 10.9. The number of carbonyl (C=O) groups is 1. The number of benzene rings is 3. The van der Waals surface area contributed by atoms with E-state index in [1.807, 2.05) is 49.4 Å². The van der Waals surface area contributed by atoms with E-state index in [0.717, 1.165) is 11.1 Å². The maximum Gasteiger partial charge on any atom is 0.255 e. The summed E-state index contributed by atoms with van der Waals surface area (Å²) in [6, 6.07) is 18.9. The van der Waals surface area contributed by atoms with Crippen LogP contribution >= 0.6 is 0 Å². The van der Waals surface area contributed by atoms with E-state index in [1.165, 1.54) is 28.7 Å². The number of hydrazone groups is 1. The lowest BCUT2D eigenvalue weighted by atomic mass is 10.1. The van der Waals surface area contributed by atoms with Gasteiger partial charge in [0.05, 0.1) is 17.7 Å². The van der Waals surface area contributed by atoms with E-state index in [9.17, 15) is 17.6 Å². The van der Waals surface area contributed by atoms with Gasteiger partial charge in [0.25, 0.3) is 5.91 Å². The molecule has 0 radical (unpaired) electrons. The number of aryl methyl sites for hydroxylation is 3. The quantitative estimate of drug-likeness (QED) is 0.369. The molecule has 0 aromatic heterocycles. The zero-order valence-corrected chi connectivity index (χ0v) is 20.3. The number of nitrogens with one attached hydrogen (secondary N) is 1. The number of hydrogen-bond donors (Lipinski definition) is 1. The average Bonchev–Trinajstić information content (AvgIpc) is 2.76. The molecule has 34 heavy (non-hydrogen) atoms. The molecule has 1 amide bonds. The van der Waals surface area contributed by atoms with Gasteiger partial charge in [-0.3, -0.25) is 4.79 Å². The molecule has 3 rings (SSSR count). The van der Waals surface area contributed by atoms with E-state index in [4.69, 9.17) is 0 Å². The van der Waals surface area contributed by atoms with Crippen molar-refractivity contribution in [2.45, 2.75) is 32.1 Å². The van der Waals surface area contributed by atoms with Gasteiger partial charge in [0.15, 0.2) is 0 Å². The Balaban J connectivity index is 1.82. The first-order chi connectivity index (χ1) is 16.2. The number of nitrogens with zero attached hydrogens (tertiary/aromatic N) is 2. The van der Waals surface area contributed by atoms with E-state index in [1.54, 1.807) is 19.9 Å². The summed E-state index contributed by atoms with van der Waals surface area (Å²) < 4.78 is 41.8. The van der Waals surface area contributed by atoms with Crippen molar-refractivity contribution in [3.05, 3.63) is 100 Å². The molecule has 0 heterocycles. The minimum atomic E-state index is -3.96. The number of hydrogen-bond acceptors (Lipinski definition) is 4. The molecule has 178 valence electrons. The minimum Gasteiger partial charge on any atom is -0.272 e. The van der Waals surface area contributed by atoms with Gasteiger partial charge >= 0.3 is 0 Å². The van der Waals surface area contributed by atoms with Crippen LogP contribution < -0.4 is 5.43 Å². The Morgan fingerprint density at radius 3 is 2.32 bits per heavy atom. The highest BCUT2D eigenvalue weighted by Crippen LogP contribution is 2.25. The predicted molar refractivity (Wildman–Crippen MR) is 132 cm³/mol. The van der Waals surface area contributed by atoms with Crippen LogP contribution in [0.3, 0.4) is 0 Å². The molecule has 0 unspecified atom stereocenters. The summed E-state index contributed by atoms with van der Waals surface area (Å²) >= 11 is 0. The number of halogens is 1. The standard InChI is InChI=1S/C26H28FN3O3S/c1-19-14-20(2)26(21(3)15-19)34(32,33)30(13-12-22-8-5-4-6-9-22)18-25(31)29-28-17-23-10-7-11-24(27)16-23/h4-11,14-17H,12-13,18H2,1-3H3,(H,29,31)/b28-17+. The van der Waals surface area contributed by atoms with E-state index < -0.39 is 28.3 Å². The third-order valence-corrected chi connectivity index (χ3v) is 7.42. The molecule has 0 bridgehead atoms. The number of sulfonamides is 1. The van der Waals surface area contributed by atoms with E-state index >= 15 is 0 Å². The maximum absolute atomic E-state index is 13.6. The van der Waals surface area contributed by atoms with E-state index in [0.29, 0.717) is 23.1 Å². The summed E-state index contributed by atoms with van der Waals surface area (Å²) in [5.41, 5.74) is 6.01. The van der Waals surface area contributed by atoms with Crippen LogP contribution in [0.15, 0.2) is 76.7 Å². The Hall–Kier alpha value is -3.36. The summed E-state index contributed by atoms with van der Waals surface area (Å²) in [6.07, 6.45) is 1.75. The highest BCUT2D eigenvalue weighted by molar-refractivity contribution is 7.89. The SMILES string of the molecule is Cc1cc(C)c(S(=O)(=O)N(CCc2ccccc2)CC(=O)N/N=C/c2cccc(F)c2)c(C)c1. The average molecular weight is 482 g/mol. The lowest BCUT2D eigenvalue weighted by Gasteiger charge is -2.24. The maximum atomic E-state index is 13.6. The molecular formula is C26H28FN3O3S. The van der Waals surface area contributed by atoms with E-state index in [-0.39, 0.29) is 11.4 Å². The summed E-state index contributed by atoms with van der Waals surface area (Å²) in [5.74, 6) is -1.01. The molecular weight excluding hydrogens is 453 g/mol. The molecule has 0 atom stereocenters. The summed E-state index contributed by atoms with van der Waals surface area (Å²) in [6.45, 7) is 5.15. The van der Waals surface area contributed by atoms with Gasteiger partial charge < -0.3 is 0 Å². The summed E-state index contributed by atoms with van der Waals surface area (Å²) in [5, 5.41) is 3.84. The van der Waals surface area contributed by atoms with Crippen molar-refractivity contribution < 1.29 is 17.6 Å². The molecule has 3 aromatic rings. The van der Waals surface area contributed by atoms with Gasteiger partial charge in [-0.1, -0.05) is 60.2 Å². The van der Waals surface area contributed by atoms with Gasteiger partial charge in [-0.05, 0) is 61.6 Å². The van der Waals surface area contributed by atoms with Gasteiger partial charge in [0, 0.05) is 6.54 Å². The van der Waals surface area contributed by atoms with Crippen LogP contribution in [0, 0.1) is 26.6 Å². The highest BCUT2D eigenvalue weighted by atomic mass is 32.2. The largest absolute Gasteiger partial charge is 0.272 e. The molecule has 0 aliphatic rings. The van der Waals surface area contributed by atoms with Crippen LogP contribution in [-0.4, -0.2) is 37.9 Å². The molecule has 6 nitrogen and oxygen atoms in total. The fourth-order valence-electron chi connectivity index (χ4n) is 3.85. The van der Waals surface area contributed by atoms with Crippen LogP contribution in [0.2, 0.25) is 0 Å². The zero-order chi connectivity index (χ0) is 24.7. The minimum absolute atomic E-state index is 0.125. The van der Waals surface area contributed by atoms with Crippen molar-refractivity contribution in [1.82, 2.24) is 9.73 Å². The van der Waals surface area contributed by atoms with Crippen molar-refractivity contribution in [1.29, 1.82) is 0 Å². The molecule has 0 fully saturated rings. The second-order valence-electron chi connectivity index (χ2n) is 8.15. The molecule has 0 spiro atoms. The molecule has 0 saturated carbocycles. The lowest BCUT2D eigenvalue weighted by molar-refractivity contribution is -0.121. The van der Waals surface area contributed by atoms with Crippen molar-refractivity contribution >= 4 is 22.1 Å². The zero-order valence-electron chi connectivity index (χ0n) is 19.5. The Kier molecular flexibility index (Phi) is 8.31. The fourth-order valence-corrected chi connectivity index (χ4v) is 5.66. The summed E-state index contributed by atoms with van der Waals surface area (Å²) in [7, 11) is -3.96. The number of carbonyl (C=O) groups excluding carboxylic acids is 1. The molecule has 8 heteroatoms. The van der Waals surface area contributed by atoms with Crippen molar-refractivity contribution in [2.24, 2.45) is 5.10 Å². The van der Waals surface area contributed by atoms with Crippen LogP contribution in [-0.2, 0) is 21.2 Å². The molecule has 0 aliphatic carbocycles. The first kappa shape index (κ1) is 25.3. The molecule has 0 aliphatic heterocycles. The van der Waals surface area contributed by atoms with Gasteiger partial charge in [0.1, 0.15) is 5.82 Å². The number of amides is 1. The summed E-state index contributed by atoms with van der Waals surface area (Å²) in [4.78, 5) is 12.8. The van der Waals surface area contributed by atoms with Gasteiger partial charge in [-0.25, -0.2) is 18.2 Å². The van der Waals surface area contributed by atoms with Crippen LogP contribution in [0.25, 0.3) is 0 Å². The number of rotatable bonds is 9. The Bertz CT molecular complexity index is 1270. The monoisotopic (exact) mass is 481 g/mol. The predicted octanol–water partition coefficient (Wildman–Crippen LogP) is 4.13. The van der Waals surface area contributed by atoms with Crippen molar-refractivity contribution in [2.75, 3.05) is 13.1 Å². The smallest absolute Gasteiger partial charge is 0.255 e. The second-order valence-corrected chi connectivity index (χ2v) is 10.0. The second kappa shape index (κ2) is 11.2. The van der Waals surface area contributed by atoms with Crippen LogP contribution in [0.5, 0.6) is 0 Å². The highest BCUT2D eigenvalue weighted by Gasteiger charge is 2.29. The third kappa shape index (κ3) is 6.59. The Morgan fingerprint density at radius 2 is 1.68 bits per heavy atom. The van der Waals surface area contributed by atoms with Crippen LogP contribution in [0.4, 0.5) is 4.39 Å². The Morgan fingerprint density at radius 1 is 1.00 bits per heavy atom. The third-order valence-electron chi connectivity index (χ3n) is 5.27. The molecule has 3 aromatic carbocycles. The lowest BCUT2D eigenvalue weighted by Crippen LogP contribution is -2.41. The van der Waals surface area contributed by atoms with Gasteiger partial charge in [-0.15, -0.1) is 0 Å². The molecule has 1 N–H and O–H groups in total. The van der Waals surface area contributed by atoms with Gasteiger partial charge in [-0.2, -0.15) is 9.41 Å². The Labute approximate surface area is 200 Å². The van der Waals surface area contributed by atoms with Crippen LogP contribution in [0.1, 0.15) is 27.8 Å². The normalized spacial score (nSPS) is 11.8. The first-order valence-corrected chi connectivity index (χ1v) is 12.3. The fraction of sp³-hybridized carbons (Fsp3) is 0.231. The van der Waals surface area contributed by atoms with E-state index in [2.05, 4.69) is 10.5 Å². The van der Waals surface area contributed by atoms with Crippen molar-refractivity contribution in [3.8, 4) is 0 Å². The topological polar surface area (TPSA) is 78.8 Å².